The third-order valence-electron chi connectivity index (χ3n) is 6.61. The van der Waals surface area contributed by atoms with Crippen molar-refractivity contribution in [1.82, 2.24) is 15.1 Å². The molecule has 1 atom stereocenters. The maximum atomic E-state index is 13.0. The molecule has 0 radical (unpaired) electrons. The molecular weight excluding hydrogens is 527 g/mol. The lowest BCUT2D eigenvalue weighted by atomic mass is 9.92. The zero-order valence-corrected chi connectivity index (χ0v) is 21.6. The number of alkyl carbamates (subject to hydrolysis) is 1. The van der Waals surface area contributed by atoms with Crippen molar-refractivity contribution in [3.8, 4) is 0 Å². The minimum Gasteiger partial charge on any atom is -0.447 e. The van der Waals surface area contributed by atoms with Gasteiger partial charge in [0.2, 0.25) is 5.91 Å². The SMILES string of the molecule is O=C1NC2(CO1)CN(C(=O)CS(=O)c1ccc(C(=O)N3CCN(c4cccc(Cl)c4)CC3)cc1Cl)C2. The van der Waals surface area contributed by atoms with Gasteiger partial charge in [-0.15, -0.1) is 0 Å². The molecule has 1 N–H and O–H groups in total. The summed E-state index contributed by atoms with van der Waals surface area (Å²) in [7, 11) is -1.67. The molecule has 3 saturated heterocycles. The Morgan fingerprint density at radius 2 is 1.78 bits per heavy atom. The van der Waals surface area contributed by atoms with Crippen LogP contribution in [0.5, 0.6) is 0 Å². The highest BCUT2D eigenvalue weighted by molar-refractivity contribution is 7.85. The topological polar surface area (TPSA) is 99.3 Å². The summed E-state index contributed by atoms with van der Waals surface area (Å²) in [6.45, 7) is 3.31. The van der Waals surface area contributed by atoms with Crippen LogP contribution in [0, 0.1) is 0 Å². The Kier molecular flexibility index (Phi) is 6.84. The first-order valence-corrected chi connectivity index (χ1v) is 13.5. The van der Waals surface area contributed by atoms with Crippen LogP contribution in [0.1, 0.15) is 10.4 Å². The number of carbonyl (C=O) groups excluding carboxylic acids is 3. The lowest BCUT2D eigenvalue weighted by Gasteiger charge is -2.45. The molecule has 2 aromatic rings. The number of rotatable bonds is 5. The molecule has 3 heterocycles. The molecule has 1 unspecified atom stereocenters. The molecule has 2 aromatic carbocycles. The molecular formula is C24H24Cl2N4O5S. The van der Waals surface area contributed by atoms with Crippen LogP contribution in [-0.4, -0.2) is 89.1 Å². The summed E-state index contributed by atoms with van der Waals surface area (Å²) in [6.07, 6.45) is -0.491. The van der Waals surface area contributed by atoms with E-state index in [9.17, 15) is 18.6 Å². The minimum atomic E-state index is -1.67. The Labute approximate surface area is 220 Å². The van der Waals surface area contributed by atoms with E-state index in [0.29, 0.717) is 54.8 Å². The van der Waals surface area contributed by atoms with Gasteiger partial charge in [-0.1, -0.05) is 29.3 Å². The van der Waals surface area contributed by atoms with E-state index >= 15 is 0 Å². The number of hydrogen-bond donors (Lipinski definition) is 1. The van der Waals surface area contributed by atoms with Gasteiger partial charge in [-0.05, 0) is 36.4 Å². The molecule has 0 aliphatic carbocycles. The standard InChI is InChI=1S/C24H24Cl2N4O5S/c25-17-2-1-3-18(11-17)28-6-8-29(9-7-28)22(32)16-4-5-20(19(26)10-16)36(34)12-21(31)30-13-24(14-30)15-35-23(33)27-24/h1-5,10-11H,6-9,12-15H2,(H,27,33). The predicted octanol–water partition coefficient (Wildman–Crippen LogP) is 2.38. The van der Waals surface area contributed by atoms with E-state index in [1.165, 1.54) is 11.0 Å². The number of cyclic esters (lactones) is 1. The van der Waals surface area contributed by atoms with Gasteiger partial charge in [-0.25, -0.2) is 4.79 Å². The van der Waals surface area contributed by atoms with Crippen molar-refractivity contribution in [3.63, 3.8) is 0 Å². The molecule has 9 nitrogen and oxygen atoms in total. The first-order valence-electron chi connectivity index (χ1n) is 11.4. The van der Waals surface area contributed by atoms with Gasteiger partial charge in [0, 0.05) is 55.5 Å². The highest BCUT2D eigenvalue weighted by Crippen LogP contribution is 2.28. The summed E-state index contributed by atoms with van der Waals surface area (Å²) < 4.78 is 17.7. The van der Waals surface area contributed by atoms with Crippen LogP contribution in [-0.2, 0) is 20.3 Å². The highest BCUT2D eigenvalue weighted by Gasteiger charge is 2.51. The monoisotopic (exact) mass is 550 g/mol. The second kappa shape index (κ2) is 9.91. The number of halogens is 2. The van der Waals surface area contributed by atoms with E-state index < -0.39 is 22.4 Å². The molecule has 0 aromatic heterocycles. The molecule has 3 aliphatic heterocycles. The first kappa shape index (κ1) is 24.9. The number of nitrogens with zero attached hydrogens (tertiary/aromatic N) is 3. The number of carbonyl (C=O) groups is 3. The Balaban J connectivity index is 1.16. The van der Waals surface area contributed by atoms with Crippen LogP contribution in [0.3, 0.4) is 0 Å². The molecule has 1 spiro atoms. The molecule has 36 heavy (non-hydrogen) atoms. The minimum absolute atomic E-state index is 0.150. The number of amides is 3. The van der Waals surface area contributed by atoms with E-state index in [-0.39, 0.29) is 29.2 Å². The maximum Gasteiger partial charge on any atom is 0.407 e. The number of likely N-dealkylation sites (tertiary alicyclic amines) is 1. The predicted molar refractivity (Wildman–Crippen MR) is 136 cm³/mol. The number of nitrogens with one attached hydrogen (secondary N) is 1. The van der Waals surface area contributed by atoms with E-state index in [4.69, 9.17) is 27.9 Å². The van der Waals surface area contributed by atoms with Gasteiger partial charge in [0.1, 0.15) is 17.9 Å². The number of anilines is 1. The molecule has 0 bridgehead atoms. The van der Waals surface area contributed by atoms with E-state index in [1.807, 2.05) is 24.3 Å². The van der Waals surface area contributed by atoms with Gasteiger partial charge in [0.25, 0.3) is 5.91 Å². The Hall–Kier alpha value is -2.82. The Bertz CT molecular complexity index is 1240. The molecule has 5 rings (SSSR count). The summed E-state index contributed by atoms with van der Waals surface area (Å²) in [4.78, 5) is 42.6. The third kappa shape index (κ3) is 5.02. The summed E-state index contributed by atoms with van der Waals surface area (Å²) in [5.74, 6) is -0.680. The smallest absolute Gasteiger partial charge is 0.407 e. The van der Waals surface area contributed by atoms with Gasteiger partial charge in [-0.2, -0.15) is 0 Å². The first-order chi connectivity index (χ1) is 17.2. The van der Waals surface area contributed by atoms with Gasteiger partial charge in [0.15, 0.2) is 0 Å². The number of benzene rings is 2. The van der Waals surface area contributed by atoms with Crippen LogP contribution >= 0.6 is 23.2 Å². The summed E-state index contributed by atoms with van der Waals surface area (Å²) in [5, 5.41) is 3.56. The van der Waals surface area contributed by atoms with Crippen LogP contribution in [0.25, 0.3) is 0 Å². The molecule has 190 valence electrons. The van der Waals surface area contributed by atoms with E-state index in [2.05, 4.69) is 10.2 Å². The molecule has 3 amide bonds. The molecule has 0 saturated carbocycles. The highest BCUT2D eigenvalue weighted by atomic mass is 35.5. The Morgan fingerprint density at radius 3 is 2.42 bits per heavy atom. The quantitative estimate of drug-likeness (QED) is 0.613. The van der Waals surface area contributed by atoms with Gasteiger partial charge >= 0.3 is 6.09 Å². The van der Waals surface area contributed by atoms with Crippen LogP contribution in [0.15, 0.2) is 47.4 Å². The number of piperazine rings is 1. The lowest BCUT2D eigenvalue weighted by molar-refractivity contribution is -0.136. The van der Waals surface area contributed by atoms with Crippen molar-refractivity contribution in [2.75, 3.05) is 56.5 Å². The number of hydrogen-bond acceptors (Lipinski definition) is 6. The zero-order valence-electron chi connectivity index (χ0n) is 19.2. The van der Waals surface area contributed by atoms with Crippen LogP contribution in [0.2, 0.25) is 10.0 Å². The fraction of sp³-hybridized carbons (Fsp3) is 0.375. The fourth-order valence-electron chi connectivity index (χ4n) is 4.65. The molecule has 3 fully saturated rings. The van der Waals surface area contributed by atoms with Crippen molar-refractivity contribution >= 4 is 57.6 Å². The fourth-order valence-corrected chi connectivity index (χ4v) is 6.33. The molecule has 3 aliphatic rings. The average molecular weight is 551 g/mol. The largest absolute Gasteiger partial charge is 0.447 e. The lowest BCUT2D eigenvalue weighted by Crippen LogP contribution is -2.70. The van der Waals surface area contributed by atoms with Crippen molar-refractivity contribution in [2.24, 2.45) is 0 Å². The molecule has 12 heteroatoms. The van der Waals surface area contributed by atoms with Crippen molar-refractivity contribution < 1.29 is 23.3 Å². The second-order valence-electron chi connectivity index (χ2n) is 9.13. The Morgan fingerprint density at radius 1 is 1.03 bits per heavy atom. The summed E-state index contributed by atoms with van der Waals surface area (Å²) in [6, 6.07) is 12.3. The maximum absolute atomic E-state index is 13.0. The summed E-state index contributed by atoms with van der Waals surface area (Å²) >= 11 is 12.5. The third-order valence-corrected chi connectivity index (χ3v) is 8.62. The van der Waals surface area contributed by atoms with Crippen LogP contribution in [0.4, 0.5) is 10.5 Å². The zero-order chi connectivity index (χ0) is 25.4. The van der Waals surface area contributed by atoms with Gasteiger partial charge in [0.05, 0.1) is 20.7 Å². The van der Waals surface area contributed by atoms with Crippen molar-refractivity contribution in [1.29, 1.82) is 0 Å². The normalized spacial score (nSPS) is 19.5. The van der Waals surface area contributed by atoms with Crippen molar-refractivity contribution in [2.45, 2.75) is 10.4 Å². The van der Waals surface area contributed by atoms with Gasteiger partial charge < -0.3 is 24.8 Å². The summed E-state index contributed by atoms with van der Waals surface area (Å²) in [5.41, 5.74) is 0.895. The number of ether oxygens (including phenoxy) is 1. The van der Waals surface area contributed by atoms with Gasteiger partial charge in [-0.3, -0.25) is 13.8 Å². The average Bonchev–Trinajstić information content (AvgIpc) is 3.24. The van der Waals surface area contributed by atoms with E-state index in [0.717, 1.165) is 5.69 Å². The van der Waals surface area contributed by atoms with E-state index in [1.54, 1.807) is 17.0 Å². The van der Waals surface area contributed by atoms with Crippen LogP contribution < -0.4 is 10.2 Å². The van der Waals surface area contributed by atoms with Crippen molar-refractivity contribution in [3.05, 3.63) is 58.1 Å². The second-order valence-corrected chi connectivity index (χ2v) is 11.4.